The molecule has 0 aliphatic carbocycles. The third-order valence-electron chi connectivity index (χ3n) is 7.34. The van der Waals surface area contributed by atoms with Crippen LogP contribution >= 0.6 is 0 Å². The molecule has 7 nitrogen and oxygen atoms in total. The van der Waals surface area contributed by atoms with Gasteiger partial charge in [0.15, 0.2) is 5.78 Å². The minimum absolute atomic E-state index is 0.0720. The molecule has 206 valence electrons. The van der Waals surface area contributed by atoms with Gasteiger partial charge >= 0.3 is 11.9 Å². The quantitative estimate of drug-likeness (QED) is 0.324. The highest BCUT2D eigenvalue weighted by atomic mass is 16.7. The number of hydrogen-bond acceptors (Lipinski definition) is 6. The summed E-state index contributed by atoms with van der Waals surface area (Å²) in [7, 11) is 0. The molecule has 0 unspecified atom stereocenters. The first-order valence-electron chi connectivity index (χ1n) is 14.4. The summed E-state index contributed by atoms with van der Waals surface area (Å²) >= 11 is 0. The van der Waals surface area contributed by atoms with Crippen LogP contribution in [0.2, 0.25) is 0 Å². The fourth-order valence-electron chi connectivity index (χ4n) is 5.45. The van der Waals surface area contributed by atoms with E-state index in [0.717, 1.165) is 87.5 Å². The van der Waals surface area contributed by atoms with E-state index in [1.165, 1.54) is 4.73 Å². The van der Waals surface area contributed by atoms with Gasteiger partial charge in [-0.1, -0.05) is 52.5 Å². The van der Waals surface area contributed by atoms with E-state index in [1.807, 2.05) is 19.1 Å². The first-order chi connectivity index (χ1) is 18.4. The van der Waals surface area contributed by atoms with Crippen LogP contribution in [0.15, 0.2) is 24.3 Å². The first-order valence-corrected chi connectivity index (χ1v) is 14.4. The van der Waals surface area contributed by atoms with Crippen LogP contribution < -0.4 is 9.57 Å². The smallest absolute Gasteiger partial charge is 0.333 e. The number of ketones is 1. The van der Waals surface area contributed by atoms with Gasteiger partial charge in [0.05, 0.1) is 11.1 Å². The number of carbonyl (C=O) groups excluding carboxylic acids is 3. The molecule has 7 heteroatoms. The molecule has 4 rings (SSSR count). The van der Waals surface area contributed by atoms with Crippen molar-refractivity contribution >= 4 is 34.2 Å². The summed E-state index contributed by atoms with van der Waals surface area (Å²) < 4.78 is 7.40. The van der Waals surface area contributed by atoms with Crippen LogP contribution in [0.25, 0.3) is 16.5 Å². The Hall–Kier alpha value is -2.93. The second-order valence-electron chi connectivity index (χ2n) is 11.1. The van der Waals surface area contributed by atoms with Crippen LogP contribution in [0.5, 0.6) is 5.88 Å². The van der Waals surface area contributed by atoms with Crippen molar-refractivity contribution in [2.75, 3.05) is 19.6 Å². The molecule has 0 fully saturated rings. The Morgan fingerprint density at radius 2 is 1.68 bits per heavy atom. The highest BCUT2D eigenvalue weighted by molar-refractivity contribution is 6.04. The molecule has 3 heterocycles. The number of ether oxygens (including phenoxy) is 1. The van der Waals surface area contributed by atoms with Crippen molar-refractivity contribution in [1.82, 2.24) is 9.63 Å². The van der Waals surface area contributed by atoms with Gasteiger partial charge in [-0.2, -0.15) is 0 Å². The second kappa shape index (κ2) is 13.2. The first kappa shape index (κ1) is 28.1. The lowest BCUT2D eigenvalue weighted by molar-refractivity contribution is -0.146. The molecule has 2 aliphatic rings. The maximum Gasteiger partial charge on any atom is 0.333 e. The number of hydrogen-bond donors (Lipinski definition) is 0. The summed E-state index contributed by atoms with van der Waals surface area (Å²) in [5.74, 6) is 0.210. The lowest BCUT2D eigenvalue weighted by Crippen LogP contribution is -2.31. The number of carbonyl (C=O) groups is 3. The largest absolute Gasteiger partial charge is 0.405 e. The fourth-order valence-corrected chi connectivity index (χ4v) is 5.45. The zero-order chi connectivity index (χ0) is 27.1. The van der Waals surface area contributed by atoms with Gasteiger partial charge in [-0.05, 0) is 55.4 Å². The van der Waals surface area contributed by atoms with Gasteiger partial charge in [-0.15, -0.1) is 4.73 Å². The van der Waals surface area contributed by atoms with Gasteiger partial charge in [-0.25, -0.2) is 4.79 Å². The van der Waals surface area contributed by atoms with Crippen molar-refractivity contribution < 1.29 is 24.0 Å². The highest BCUT2D eigenvalue weighted by Gasteiger charge is 2.28. The highest BCUT2D eigenvalue weighted by Crippen LogP contribution is 2.40. The average molecular weight is 523 g/mol. The van der Waals surface area contributed by atoms with E-state index in [2.05, 4.69) is 24.8 Å². The standard InChI is InChI=1S/C31H42N2O5/c1-4-11-27(34)24-14-15-26-25(20-24)30(23-16-18-32(19-17-23)21-22(2)3)31-33(26)38-29(36)13-10-8-6-5-7-9-12-28(35)37-31/h14-16,20,22H,4-13,17-19,21H2,1-3H3. The number of Topliss-reactive ketones (excluding diaryl/α,β-unsaturated/α-hetero) is 1. The van der Waals surface area contributed by atoms with E-state index in [9.17, 15) is 14.4 Å². The Labute approximate surface area is 226 Å². The Morgan fingerprint density at radius 3 is 2.34 bits per heavy atom. The van der Waals surface area contributed by atoms with Crippen molar-refractivity contribution in [3.63, 3.8) is 0 Å². The molecule has 2 aliphatic heterocycles. The molecule has 0 saturated heterocycles. The molecule has 1 aromatic heterocycles. The van der Waals surface area contributed by atoms with Crippen molar-refractivity contribution in [3.05, 3.63) is 35.4 Å². The maximum atomic E-state index is 13.0. The second-order valence-corrected chi connectivity index (χ2v) is 11.1. The van der Waals surface area contributed by atoms with Gasteiger partial charge < -0.3 is 9.57 Å². The number of benzene rings is 1. The summed E-state index contributed by atoms with van der Waals surface area (Å²) in [6.07, 6.45) is 10.4. The van der Waals surface area contributed by atoms with Crippen LogP contribution in [-0.2, 0) is 9.59 Å². The van der Waals surface area contributed by atoms with Crippen LogP contribution in [0.3, 0.4) is 0 Å². The van der Waals surface area contributed by atoms with Crippen molar-refractivity contribution in [3.8, 4) is 5.88 Å². The molecule has 0 amide bonds. The Kier molecular flexibility index (Phi) is 9.78. The van der Waals surface area contributed by atoms with Gasteiger partial charge in [0.25, 0.3) is 0 Å². The topological polar surface area (TPSA) is 77.8 Å². The third-order valence-corrected chi connectivity index (χ3v) is 7.34. The van der Waals surface area contributed by atoms with E-state index < -0.39 is 0 Å². The summed E-state index contributed by atoms with van der Waals surface area (Å²) in [5, 5.41) is 0.774. The van der Waals surface area contributed by atoms with E-state index in [0.29, 0.717) is 36.3 Å². The summed E-state index contributed by atoms with van der Waals surface area (Å²) in [6.45, 7) is 9.11. The number of nitrogens with zero attached hydrogens (tertiary/aromatic N) is 2. The maximum absolute atomic E-state index is 13.0. The average Bonchev–Trinajstić information content (AvgIpc) is 3.17. The zero-order valence-electron chi connectivity index (χ0n) is 23.2. The third kappa shape index (κ3) is 6.93. The molecule has 0 N–H and O–H groups in total. The van der Waals surface area contributed by atoms with E-state index in [1.54, 1.807) is 6.07 Å². The molecule has 0 atom stereocenters. The molecule has 0 bridgehead atoms. The van der Waals surface area contributed by atoms with Crippen LogP contribution in [0.4, 0.5) is 0 Å². The predicted molar refractivity (Wildman–Crippen MR) is 149 cm³/mol. The van der Waals surface area contributed by atoms with Crippen molar-refractivity contribution in [1.29, 1.82) is 0 Å². The van der Waals surface area contributed by atoms with Gasteiger partial charge in [0, 0.05) is 49.8 Å². The zero-order valence-corrected chi connectivity index (χ0v) is 23.2. The summed E-state index contributed by atoms with van der Waals surface area (Å²) in [6, 6.07) is 5.46. The van der Waals surface area contributed by atoms with E-state index >= 15 is 0 Å². The number of rotatable bonds is 6. The predicted octanol–water partition coefficient (Wildman–Crippen LogP) is 6.36. The van der Waals surface area contributed by atoms with Crippen LogP contribution in [0.1, 0.15) is 107 Å². The normalized spacial score (nSPS) is 18.5. The summed E-state index contributed by atoms with van der Waals surface area (Å²) in [4.78, 5) is 47.0. The molecule has 0 saturated carbocycles. The van der Waals surface area contributed by atoms with Crippen molar-refractivity contribution in [2.45, 2.75) is 91.4 Å². The van der Waals surface area contributed by atoms with Crippen LogP contribution in [-0.4, -0.2) is 47.0 Å². The lowest BCUT2D eigenvalue weighted by Gasteiger charge is -2.28. The minimum Gasteiger partial charge on any atom is -0.405 e. The number of aromatic nitrogens is 1. The monoisotopic (exact) mass is 522 g/mol. The molecular weight excluding hydrogens is 480 g/mol. The SMILES string of the molecule is CCCC(=O)c1ccc2c(c1)c(C1=CCN(CC(C)C)CC1)c1n2OC(=O)CCCCCCCCC(=O)O1. The molecule has 38 heavy (non-hydrogen) atoms. The molecular formula is C31H42N2O5. The lowest BCUT2D eigenvalue weighted by atomic mass is 9.96. The van der Waals surface area contributed by atoms with E-state index in [4.69, 9.17) is 9.57 Å². The van der Waals surface area contributed by atoms with Crippen LogP contribution in [0, 0.1) is 5.92 Å². The molecule has 0 radical (unpaired) electrons. The van der Waals surface area contributed by atoms with Crippen molar-refractivity contribution in [2.24, 2.45) is 5.92 Å². The van der Waals surface area contributed by atoms with Gasteiger partial charge in [0.2, 0.25) is 5.88 Å². The van der Waals surface area contributed by atoms with Gasteiger partial charge in [0.1, 0.15) is 0 Å². The molecule has 0 spiro atoms. The Bertz CT molecular complexity index is 1190. The Balaban J connectivity index is 1.83. The van der Waals surface area contributed by atoms with E-state index in [-0.39, 0.29) is 23.6 Å². The number of esters is 1. The molecule has 1 aromatic carbocycles. The Morgan fingerprint density at radius 1 is 0.974 bits per heavy atom. The molecule has 2 aromatic rings. The minimum atomic E-state index is -0.352. The summed E-state index contributed by atoms with van der Waals surface area (Å²) in [5.41, 5.74) is 3.05. The fraction of sp³-hybridized carbons (Fsp3) is 0.581. The van der Waals surface area contributed by atoms with Gasteiger partial charge in [-0.3, -0.25) is 14.5 Å². The number of fused-ring (bicyclic) bond motifs is 3.